The van der Waals surface area contributed by atoms with E-state index in [1.807, 2.05) is 47.6 Å². The molecule has 144 valence electrons. The summed E-state index contributed by atoms with van der Waals surface area (Å²) in [5.41, 5.74) is 2.50. The second kappa shape index (κ2) is 8.24. The molecule has 0 radical (unpaired) electrons. The van der Waals surface area contributed by atoms with Gasteiger partial charge in [-0.3, -0.25) is 9.20 Å². The van der Waals surface area contributed by atoms with Crippen LogP contribution in [0.3, 0.4) is 0 Å². The topological polar surface area (TPSA) is 67.5 Å². The molecular weight excluding hydrogens is 340 g/mol. The molecule has 0 aliphatic carbocycles. The SMILES string of the molecule is CCCCNC(=O)c1ccc2nc(CC)c(N(C)Cc3nccn3C)n2c1. The molecule has 7 nitrogen and oxygen atoms in total. The Labute approximate surface area is 160 Å². The van der Waals surface area contributed by atoms with Crippen molar-refractivity contribution in [1.29, 1.82) is 0 Å². The molecular formula is C20H28N6O. The Bertz CT molecular complexity index is 926. The van der Waals surface area contributed by atoms with Crippen molar-refractivity contribution in [2.24, 2.45) is 7.05 Å². The fourth-order valence-corrected chi connectivity index (χ4v) is 3.17. The summed E-state index contributed by atoms with van der Waals surface area (Å²) in [6.07, 6.45) is 8.49. The number of hydrogen-bond donors (Lipinski definition) is 1. The summed E-state index contributed by atoms with van der Waals surface area (Å²) in [6, 6.07) is 3.75. The first-order valence-electron chi connectivity index (χ1n) is 9.51. The molecule has 0 spiro atoms. The van der Waals surface area contributed by atoms with Crippen LogP contribution < -0.4 is 10.2 Å². The van der Waals surface area contributed by atoms with E-state index >= 15 is 0 Å². The van der Waals surface area contributed by atoms with Gasteiger partial charge in [-0.05, 0) is 25.0 Å². The quantitative estimate of drug-likeness (QED) is 0.621. The molecule has 1 N–H and O–H groups in total. The number of amides is 1. The highest BCUT2D eigenvalue weighted by Gasteiger charge is 2.18. The summed E-state index contributed by atoms with van der Waals surface area (Å²) in [5, 5.41) is 2.98. The van der Waals surface area contributed by atoms with Gasteiger partial charge >= 0.3 is 0 Å². The molecule has 1 amide bonds. The zero-order valence-corrected chi connectivity index (χ0v) is 16.6. The molecule has 3 aromatic heterocycles. The van der Waals surface area contributed by atoms with Gasteiger partial charge in [-0.25, -0.2) is 9.97 Å². The summed E-state index contributed by atoms with van der Waals surface area (Å²) < 4.78 is 4.02. The minimum atomic E-state index is -0.0465. The molecule has 3 heterocycles. The van der Waals surface area contributed by atoms with E-state index in [-0.39, 0.29) is 5.91 Å². The molecule has 0 aromatic carbocycles. The lowest BCUT2D eigenvalue weighted by Crippen LogP contribution is -2.25. The molecule has 0 aliphatic heterocycles. The molecule has 27 heavy (non-hydrogen) atoms. The average molecular weight is 368 g/mol. The zero-order chi connectivity index (χ0) is 19.4. The number of imidazole rings is 2. The van der Waals surface area contributed by atoms with Crippen molar-refractivity contribution in [3.63, 3.8) is 0 Å². The lowest BCUT2D eigenvalue weighted by Gasteiger charge is -2.20. The van der Waals surface area contributed by atoms with E-state index in [9.17, 15) is 4.79 Å². The van der Waals surface area contributed by atoms with Crippen molar-refractivity contribution in [2.45, 2.75) is 39.7 Å². The van der Waals surface area contributed by atoms with Gasteiger partial charge in [0.25, 0.3) is 5.91 Å². The van der Waals surface area contributed by atoms with Crippen LogP contribution in [0.25, 0.3) is 5.65 Å². The van der Waals surface area contributed by atoms with Crippen LogP contribution in [0.1, 0.15) is 48.6 Å². The first-order valence-corrected chi connectivity index (χ1v) is 9.51. The first kappa shape index (κ1) is 18.9. The van der Waals surface area contributed by atoms with Gasteiger partial charge in [-0.2, -0.15) is 0 Å². The molecule has 3 aromatic rings. The molecule has 0 saturated carbocycles. The number of nitrogens with zero attached hydrogens (tertiary/aromatic N) is 5. The molecule has 0 bridgehead atoms. The summed E-state index contributed by atoms with van der Waals surface area (Å²) >= 11 is 0. The van der Waals surface area contributed by atoms with Crippen LogP contribution in [-0.2, 0) is 20.0 Å². The fourth-order valence-electron chi connectivity index (χ4n) is 3.17. The van der Waals surface area contributed by atoms with E-state index in [2.05, 4.69) is 29.0 Å². The number of hydrogen-bond acceptors (Lipinski definition) is 4. The van der Waals surface area contributed by atoms with E-state index in [1.165, 1.54) is 0 Å². The number of anilines is 1. The number of unbranched alkanes of at least 4 members (excludes halogenated alkanes) is 1. The maximum absolute atomic E-state index is 12.4. The Kier molecular flexibility index (Phi) is 5.78. The number of nitrogens with one attached hydrogen (secondary N) is 1. The van der Waals surface area contributed by atoms with E-state index in [0.29, 0.717) is 18.7 Å². The number of aryl methyl sites for hydroxylation is 2. The lowest BCUT2D eigenvalue weighted by atomic mass is 10.2. The molecule has 7 heteroatoms. The second-order valence-corrected chi connectivity index (χ2v) is 6.80. The summed E-state index contributed by atoms with van der Waals surface area (Å²) in [5.74, 6) is 1.93. The second-order valence-electron chi connectivity index (χ2n) is 6.80. The molecule has 3 rings (SSSR count). The number of carbonyl (C=O) groups is 1. The molecule has 0 fully saturated rings. The third kappa shape index (κ3) is 3.97. The molecule has 0 atom stereocenters. The largest absolute Gasteiger partial charge is 0.352 e. The Morgan fingerprint density at radius 1 is 1.30 bits per heavy atom. The monoisotopic (exact) mass is 368 g/mol. The van der Waals surface area contributed by atoms with Crippen molar-refractivity contribution in [2.75, 3.05) is 18.5 Å². The van der Waals surface area contributed by atoms with Crippen LogP contribution >= 0.6 is 0 Å². The standard InChI is InChI=1S/C20H28N6O/c1-5-7-10-22-19(27)15-8-9-17-23-16(6-2)20(26(17)13-15)25(4)14-18-21-11-12-24(18)3/h8-9,11-13H,5-7,10,14H2,1-4H3,(H,22,27). The Morgan fingerprint density at radius 2 is 2.11 bits per heavy atom. The Hall–Kier alpha value is -2.83. The predicted molar refractivity (Wildman–Crippen MR) is 107 cm³/mol. The normalized spacial score (nSPS) is 11.1. The van der Waals surface area contributed by atoms with Gasteiger partial charge in [-0.15, -0.1) is 0 Å². The van der Waals surface area contributed by atoms with Crippen LogP contribution in [0.5, 0.6) is 0 Å². The van der Waals surface area contributed by atoms with E-state index in [1.54, 1.807) is 6.20 Å². The van der Waals surface area contributed by atoms with Crippen molar-refractivity contribution in [1.82, 2.24) is 24.3 Å². The molecule has 0 unspecified atom stereocenters. The third-order valence-electron chi connectivity index (χ3n) is 4.74. The average Bonchev–Trinajstić information content (AvgIpc) is 3.24. The summed E-state index contributed by atoms with van der Waals surface area (Å²) in [4.78, 5) is 23.7. The third-order valence-corrected chi connectivity index (χ3v) is 4.74. The van der Waals surface area contributed by atoms with Crippen molar-refractivity contribution in [3.8, 4) is 0 Å². The first-order chi connectivity index (χ1) is 13.0. The highest BCUT2D eigenvalue weighted by Crippen LogP contribution is 2.24. The highest BCUT2D eigenvalue weighted by atomic mass is 16.1. The van der Waals surface area contributed by atoms with Crippen molar-refractivity contribution < 1.29 is 4.79 Å². The number of fused-ring (bicyclic) bond motifs is 1. The molecule has 0 aliphatic rings. The van der Waals surface area contributed by atoms with Crippen molar-refractivity contribution >= 4 is 17.4 Å². The van der Waals surface area contributed by atoms with Gasteiger partial charge < -0.3 is 14.8 Å². The smallest absolute Gasteiger partial charge is 0.252 e. The predicted octanol–water partition coefficient (Wildman–Crippen LogP) is 2.80. The highest BCUT2D eigenvalue weighted by molar-refractivity contribution is 5.94. The molecule has 0 saturated heterocycles. The van der Waals surface area contributed by atoms with Crippen LogP contribution in [0.4, 0.5) is 5.82 Å². The van der Waals surface area contributed by atoms with Gasteiger partial charge in [0.1, 0.15) is 17.3 Å². The van der Waals surface area contributed by atoms with Crippen LogP contribution in [0.15, 0.2) is 30.7 Å². The number of rotatable bonds is 8. The van der Waals surface area contributed by atoms with Gasteiger partial charge in [0.2, 0.25) is 0 Å². The van der Waals surface area contributed by atoms with Gasteiger partial charge in [-0.1, -0.05) is 20.3 Å². The number of carbonyl (C=O) groups excluding carboxylic acids is 1. The van der Waals surface area contributed by atoms with Gasteiger partial charge in [0.15, 0.2) is 0 Å². The zero-order valence-electron chi connectivity index (χ0n) is 16.6. The number of aromatic nitrogens is 4. The van der Waals surface area contributed by atoms with Crippen LogP contribution in [0, 0.1) is 0 Å². The van der Waals surface area contributed by atoms with E-state index in [4.69, 9.17) is 4.98 Å². The van der Waals surface area contributed by atoms with Crippen LogP contribution in [0.2, 0.25) is 0 Å². The van der Waals surface area contributed by atoms with E-state index < -0.39 is 0 Å². The maximum atomic E-state index is 12.4. The number of pyridine rings is 1. The van der Waals surface area contributed by atoms with Gasteiger partial charge in [0.05, 0.1) is 17.8 Å². The fraction of sp³-hybridized carbons (Fsp3) is 0.450. The Balaban J connectivity index is 1.93. The van der Waals surface area contributed by atoms with E-state index in [0.717, 1.165) is 42.2 Å². The minimum Gasteiger partial charge on any atom is -0.352 e. The summed E-state index contributed by atoms with van der Waals surface area (Å²) in [7, 11) is 4.02. The lowest BCUT2D eigenvalue weighted by molar-refractivity contribution is 0.0952. The minimum absolute atomic E-state index is 0.0465. The summed E-state index contributed by atoms with van der Waals surface area (Å²) in [6.45, 7) is 5.57. The van der Waals surface area contributed by atoms with Gasteiger partial charge in [0, 0.05) is 39.2 Å². The van der Waals surface area contributed by atoms with Crippen molar-refractivity contribution in [3.05, 3.63) is 47.8 Å². The Morgan fingerprint density at radius 3 is 2.78 bits per heavy atom. The van der Waals surface area contributed by atoms with Crippen LogP contribution in [-0.4, -0.2) is 38.4 Å². The maximum Gasteiger partial charge on any atom is 0.252 e.